The van der Waals surface area contributed by atoms with Crippen LogP contribution < -0.4 is 5.32 Å². The molecule has 0 unspecified atom stereocenters. The van der Waals surface area contributed by atoms with Crippen molar-refractivity contribution in [3.8, 4) is 0 Å². The fourth-order valence-electron chi connectivity index (χ4n) is 2.33. The van der Waals surface area contributed by atoms with E-state index in [0.717, 1.165) is 0 Å². The van der Waals surface area contributed by atoms with Gasteiger partial charge in [0.2, 0.25) is 0 Å². The van der Waals surface area contributed by atoms with Gasteiger partial charge in [-0.25, -0.2) is 0 Å². The number of nitro benzene ring substituents is 1. The maximum Gasteiger partial charge on any atom is 0.274 e. The highest BCUT2D eigenvalue weighted by Gasteiger charge is 2.46. The van der Waals surface area contributed by atoms with Gasteiger partial charge in [0.1, 0.15) is 0 Å². The van der Waals surface area contributed by atoms with Crippen molar-refractivity contribution in [1.82, 2.24) is 5.32 Å². The number of nitrogens with zero attached hydrogens (tertiary/aromatic N) is 1. The first kappa shape index (κ1) is 12.5. The Morgan fingerprint density at radius 3 is 2.40 bits per heavy atom. The monoisotopic (exact) mass is 268 g/mol. The van der Waals surface area contributed by atoms with Crippen LogP contribution in [-0.4, -0.2) is 16.7 Å². The minimum atomic E-state index is -0.417. The van der Waals surface area contributed by atoms with Gasteiger partial charge in [0, 0.05) is 17.2 Å². The first-order chi connectivity index (χ1) is 9.68. The second-order valence-corrected chi connectivity index (χ2v) is 4.67. The van der Waals surface area contributed by atoms with Crippen molar-refractivity contribution in [1.29, 1.82) is 0 Å². The zero-order valence-corrected chi connectivity index (χ0v) is 10.5. The third-order valence-corrected chi connectivity index (χ3v) is 3.39. The minimum absolute atomic E-state index is 0.0336. The molecule has 0 amide bonds. The number of hydrogen-bond donors (Lipinski definition) is 1. The van der Waals surface area contributed by atoms with Crippen LogP contribution in [0.2, 0.25) is 0 Å². The van der Waals surface area contributed by atoms with Crippen LogP contribution in [0.3, 0.4) is 0 Å². The summed E-state index contributed by atoms with van der Waals surface area (Å²) >= 11 is 0. The van der Waals surface area contributed by atoms with Crippen molar-refractivity contribution in [3.63, 3.8) is 0 Å². The quantitative estimate of drug-likeness (QED) is 0.399. The molecule has 0 aromatic heterocycles. The number of carbonyl (C=O) groups excluding carboxylic acids is 1. The summed E-state index contributed by atoms with van der Waals surface area (Å²) in [6, 6.07) is 14.8. The SMILES string of the molecule is O=C(c1ccccc1)[C@H]1N[C@@H]1c1ccccc1[N+](=O)[O-]. The standard InChI is InChI=1S/C15H12N2O3/c18-15(10-6-2-1-3-7-10)14-13(16-14)11-8-4-5-9-12(11)17(19)20/h1-9,13-14,16H/t13-,14+/m1/s1. The van der Waals surface area contributed by atoms with Crippen molar-refractivity contribution < 1.29 is 9.72 Å². The van der Waals surface area contributed by atoms with Crippen LogP contribution in [-0.2, 0) is 0 Å². The average Bonchev–Trinajstić information content (AvgIpc) is 3.27. The topological polar surface area (TPSA) is 82.2 Å². The number of ketones is 1. The summed E-state index contributed by atoms with van der Waals surface area (Å²) in [7, 11) is 0. The van der Waals surface area contributed by atoms with Crippen LogP contribution in [0.15, 0.2) is 54.6 Å². The molecule has 1 aliphatic rings. The Morgan fingerprint density at radius 1 is 1.05 bits per heavy atom. The lowest BCUT2D eigenvalue weighted by Gasteiger charge is -2.00. The van der Waals surface area contributed by atoms with Crippen LogP contribution in [0.5, 0.6) is 0 Å². The van der Waals surface area contributed by atoms with E-state index in [4.69, 9.17) is 0 Å². The fourth-order valence-corrected chi connectivity index (χ4v) is 2.33. The van der Waals surface area contributed by atoms with E-state index in [2.05, 4.69) is 5.32 Å². The molecule has 1 heterocycles. The van der Waals surface area contributed by atoms with Crippen molar-refractivity contribution >= 4 is 11.5 Å². The van der Waals surface area contributed by atoms with E-state index in [-0.39, 0.29) is 23.6 Å². The van der Waals surface area contributed by atoms with E-state index in [0.29, 0.717) is 11.1 Å². The van der Waals surface area contributed by atoms with Crippen LogP contribution >= 0.6 is 0 Å². The summed E-state index contributed by atoms with van der Waals surface area (Å²) in [5.41, 5.74) is 1.23. The Kier molecular flexibility index (Phi) is 3.04. The number of hydrogen-bond acceptors (Lipinski definition) is 4. The molecule has 2 aromatic carbocycles. The smallest absolute Gasteiger partial charge is 0.274 e. The summed E-state index contributed by atoms with van der Waals surface area (Å²) in [6.07, 6.45) is 0. The molecule has 1 fully saturated rings. The lowest BCUT2D eigenvalue weighted by molar-refractivity contribution is -0.385. The number of Topliss-reactive ketones (excluding diaryl/α,β-unsaturated/α-hetero) is 1. The van der Waals surface area contributed by atoms with E-state index in [9.17, 15) is 14.9 Å². The molecule has 2 aromatic rings. The minimum Gasteiger partial charge on any atom is -0.297 e. The highest BCUT2D eigenvalue weighted by Crippen LogP contribution is 2.37. The van der Waals surface area contributed by atoms with E-state index in [1.54, 1.807) is 42.5 Å². The molecule has 20 heavy (non-hydrogen) atoms. The van der Waals surface area contributed by atoms with Gasteiger partial charge in [0.05, 0.1) is 17.0 Å². The molecule has 0 aliphatic carbocycles. The van der Waals surface area contributed by atoms with Gasteiger partial charge in [-0.15, -0.1) is 0 Å². The number of nitro groups is 1. The van der Waals surface area contributed by atoms with Gasteiger partial charge in [0.15, 0.2) is 5.78 Å². The van der Waals surface area contributed by atoms with E-state index < -0.39 is 4.92 Å². The number of benzene rings is 2. The largest absolute Gasteiger partial charge is 0.297 e. The molecule has 1 saturated heterocycles. The molecule has 5 nitrogen and oxygen atoms in total. The van der Waals surface area contributed by atoms with Gasteiger partial charge in [-0.1, -0.05) is 48.5 Å². The predicted octanol–water partition coefficient (Wildman–Crippen LogP) is 2.49. The summed E-state index contributed by atoms with van der Waals surface area (Å²) in [4.78, 5) is 22.8. The molecule has 0 bridgehead atoms. The van der Waals surface area contributed by atoms with Crippen molar-refractivity contribution in [3.05, 3.63) is 75.8 Å². The molecule has 1 N–H and O–H groups in total. The lowest BCUT2D eigenvalue weighted by Crippen LogP contribution is -2.10. The van der Waals surface area contributed by atoms with Gasteiger partial charge >= 0.3 is 0 Å². The Labute approximate surface area is 115 Å². The number of rotatable bonds is 4. The summed E-state index contributed by atoms with van der Waals surface area (Å²) in [5.74, 6) is -0.0336. The van der Waals surface area contributed by atoms with Gasteiger partial charge in [-0.3, -0.25) is 20.2 Å². The molecule has 0 spiro atoms. The molecule has 3 rings (SSSR count). The Balaban J connectivity index is 1.83. The summed E-state index contributed by atoms with van der Waals surface area (Å²) < 4.78 is 0. The van der Waals surface area contributed by atoms with Crippen LogP contribution in [0.4, 0.5) is 5.69 Å². The van der Waals surface area contributed by atoms with Gasteiger partial charge in [-0.2, -0.15) is 0 Å². The second-order valence-electron chi connectivity index (χ2n) is 4.67. The first-order valence-electron chi connectivity index (χ1n) is 6.27. The van der Waals surface area contributed by atoms with Gasteiger partial charge in [0.25, 0.3) is 5.69 Å². The average molecular weight is 268 g/mol. The van der Waals surface area contributed by atoms with E-state index in [1.165, 1.54) is 6.07 Å². The van der Waals surface area contributed by atoms with Gasteiger partial charge in [-0.05, 0) is 0 Å². The van der Waals surface area contributed by atoms with Crippen LogP contribution in [0.1, 0.15) is 22.0 Å². The molecule has 100 valence electrons. The molecular weight excluding hydrogens is 256 g/mol. The highest BCUT2D eigenvalue weighted by atomic mass is 16.6. The van der Waals surface area contributed by atoms with Crippen molar-refractivity contribution in [2.24, 2.45) is 0 Å². The summed E-state index contributed by atoms with van der Waals surface area (Å²) in [6.45, 7) is 0. The third kappa shape index (κ3) is 2.19. The highest BCUT2D eigenvalue weighted by molar-refractivity contribution is 6.02. The predicted molar refractivity (Wildman–Crippen MR) is 73.5 cm³/mol. The zero-order chi connectivity index (χ0) is 14.1. The van der Waals surface area contributed by atoms with E-state index >= 15 is 0 Å². The lowest BCUT2D eigenvalue weighted by atomic mass is 10.0. The molecule has 5 heteroatoms. The Morgan fingerprint density at radius 2 is 1.70 bits per heavy atom. The Bertz CT molecular complexity index is 670. The van der Waals surface area contributed by atoms with Crippen molar-refractivity contribution in [2.75, 3.05) is 0 Å². The Hall–Kier alpha value is -2.53. The summed E-state index contributed by atoms with van der Waals surface area (Å²) in [5, 5.41) is 14.0. The number of carbonyl (C=O) groups is 1. The molecule has 1 aliphatic heterocycles. The molecule has 0 saturated carbocycles. The van der Waals surface area contributed by atoms with Crippen LogP contribution in [0, 0.1) is 10.1 Å². The van der Waals surface area contributed by atoms with E-state index in [1.807, 2.05) is 6.07 Å². The number of para-hydroxylation sites is 1. The first-order valence-corrected chi connectivity index (χ1v) is 6.27. The normalized spacial score (nSPS) is 20.4. The zero-order valence-electron chi connectivity index (χ0n) is 10.5. The van der Waals surface area contributed by atoms with Crippen molar-refractivity contribution in [2.45, 2.75) is 12.1 Å². The molecule has 0 radical (unpaired) electrons. The molecule has 2 atom stereocenters. The fraction of sp³-hybridized carbons (Fsp3) is 0.133. The molecular formula is C15H12N2O3. The third-order valence-electron chi connectivity index (χ3n) is 3.39. The maximum atomic E-state index is 12.2. The number of nitrogens with one attached hydrogen (secondary N) is 1. The van der Waals surface area contributed by atoms with Gasteiger partial charge < -0.3 is 0 Å². The second kappa shape index (κ2) is 4.86. The van der Waals surface area contributed by atoms with Crippen LogP contribution in [0.25, 0.3) is 0 Å². The maximum absolute atomic E-state index is 12.2.